The minimum atomic E-state index is -3.52. The Morgan fingerprint density at radius 1 is 1.13 bits per heavy atom. The molecule has 0 radical (unpaired) electrons. The number of imidazole rings is 1. The normalized spacial score (nSPS) is 14.8. The van der Waals surface area contributed by atoms with E-state index < -0.39 is 10.0 Å². The van der Waals surface area contributed by atoms with Gasteiger partial charge in [0.25, 0.3) is 0 Å². The number of hydrogen-bond donors (Lipinski definition) is 1. The van der Waals surface area contributed by atoms with Crippen LogP contribution in [0.25, 0.3) is 21.3 Å². The summed E-state index contributed by atoms with van der Waals surface area (Å²) >= 11 is 1.49. The third-order valence-electron chi connectivity index (χ3n) is 5.37. The van der Waals surface area contributed by atoms with E-state index in [1.807, 2.05) is 23.7 Å². The summed E-state index contributed by atoms with van der Waals surface area (Å²) < 4.78 is 35.9. The van der Waals surface area contributed by atoms with Gasteiger partial charge < -0.3 is 14.6 Å². The zero-order valence-electron chi connectivity index (χ0n) is 17.0. The molecular formula is C20H22ClN5O3S2. The summed E-state index contributed by atoms with van der Waals surface area (Å²) in [6.45, 7) is 1.13. The Balaban J connectivity index is 0.00000231. The van der Waals surface area contributed by atoms with Gasteiger partial charge in [-0.25, -0.2) is 18.4 Å². The van der Waals surface area contributed by atoms with Crippen LogP contribution in [-0.4, -0.2) is 47.5 Å². The first-order chi connectivity index (χ1) is 14.5. The Morgan fingerprint density at radius 2 is 1.90 bits per heavy atom. The molecule has 4 aromatic rings. The van der Waals surface area contributed by atoms with Gasteiger partial charge in [-0.2, -0.15) is 4.31 Å². The first kappa shape index (κ1) is 21.8. The minimum Gasteiger partial charge on any atom is -0.495 e. The number of sulfonamides is 1. The van der Waals surface area contributed by atoms with Crippen LogP contribution in [0.15, 0.2) is 41.6 Å². The number of halogens is 1. The van der Waals surface area contributed by atoms with Crippen LogP contribution in [0.1, 0.15) is 12.8 Å². The first-order valence-electron chi connectivity index (χ1n) is 9.63. The lowest BCUT2D eigenvalue weighted by Gasteiger charge is -2.17. The molecule has 1 fully saturated rings. The second kappa shape index (κ2) is 8.27. The van der Waals surface area contributed by atoms with Gasteiger partial charge in [-0.3, -0.25) is 0 Å². The Kier molecular flexibility index (Phi) is 5.82. The topological polar surface area (TPSA) is 89.3 Å². The van der Waals surface area contributed by atoms with E-state index in [9.17, 15) is 8.42 Å². The maximum Gasteiger partial charge on any atom is 0.243 e. The molecule has 0 amide bonds. The van der Waals surface area contributed by atoms with Crippen molar-refractivity contribution in [3.63, 3.8) is 0 Å². The second-order valence-corrected chi connectivity index (χ2v) is 10.2. The molecule has 0 unspecified atom stereocenters. The SMILES string of the molecule is COc1ccc(S(=O)(=O)N2CCCC2)cc1Nc1nc2c(ccc3c2ncn3C)s1.Cl. The molecule has 1 saturated heterocycles. The first-order valence-corrected chi connectivity index (χ1v) is 11.9. The molecule has 11 heteroatoms. The number of benzene rings is 2. The van der Waals surface area contributed by atoms with E-state index >= 15 is 0 Å². The fourth-order valence-corrected chi connectivity index (χ4v) is 6.20. The number of nitrogens with zero attached hydrogens (tertiary/aromatic N) is 4. The van der Waals surface area contributed by atoms with E-state index in [-0.39, 0.29) is 17.3 Å². The molecule has 8 nitrogen and oxygen atoms in total. The quantitative estimate of drug-likeness (QED) is 0.462. The van der Waals surface area contributed by atoms with Crippen molar-refractivity contribution in [3.05, 3.63) is 36.7 Å². The highest BCUT2D eigenvalue weighted by atomic mass is 35.5. The summed E-state index contributed by atoms with van der Waals surface area (Å²) in [7, 11) is -0.0124. The van der Waals surface area contributed by atoms with E-state index in [0.29, 0.717) is 29.7 Å². The Labute approximate surface area is 190 Å². The Morgan fingerprint density at radius 3 is 2.65 bits per heavy atom. The van der Waals surface area contributed by atoms with E-state index in [1.165, 1.54) is 15.6 Å². The third kappa shape index (κ3) is 3.73. The molecule has 2 aromatic heterocycles. The predicted molar refractivity (Wildman–Crippen MR) is 125 cm³/mol. The molecule has 0 atom stereocenters. The summed E-state index contributed by atoms with van der Waals surface area (Å²) in [5.74, 6) is 0.553. The molecular weight excluding hydrogens is 458 g/mol. The molecule has 164 valence electrons. The maximum absolute atomic E-state index is 13.0. The molecule has 1 aliphatic rings. The highest BCUT2D eigenvalue weighted by Crippen LogP contribution is 2.36. The highest BCUT2D eigenvalue weighted by Gasteiger charge is 2.28. The minimum absolute atomic E-state index is 0. The monoisotopic (exact) mass is 479 g/mol. The summed E-state index contributed by atoms with van der Waals surface area (Å²) in [5, 5.41) is 3.90. The number of methoxy groups -OCH3 is 1. The van der Waals surface area contributed by atoms with E-state index in [4.69, 9.17) is 9.72 Å². The molecule has 2 aromatic carbocycles. The van der Waals surface area contributed by atoms with Crippen molar-refractivity contribution in [2.75, 3.05) is 25.5 Å². The third-order valence-corrected chi connectivity index (χ3v) is 8.20. The van der Waals surface area contributed by atoms with Crippen molar-refractivity contribution in [2.45, 2.75) is 17.7 Å². The summed E-state index contributed by atoms with van der Waals surface area (Å²) in [5.41, 5.74) is 3.24. The van der Waals surface area contributed by atoms with E-state index in [2.05, 4.69) is 10.3 Å². The zero-order chi connectivity index (χ0) is 20.9. The van der Waals surface area contributed by atoms with Crippen molar-refractivity contribution < 1.29 is 13.2 Å². The van der Waals surface area contributed by atoms with Gasteiger partial charge in [0.2, 0.25) is 10.0 Å². The van der Waals surface area contributed by atoms with Gasteiger partial charge in [0.05, 0.1) is 34.2 Å². The lowest BCUT2D eigenvalue weighted by atomic mass is 10.3. The van der Waals surface area contributed by atoms with Crippen LogP contribution in [-0.2, 0) is 17.1 Å². The van der Waals surface area contributed by atoms with Gasteiger partial charge in [-0.05, 0) is 43.2 Å². The predicted octanol–water partition coefficient (Wildman–Crippen LogP) is 4.14. The molecule has 1 N–H and O–H groups in total. The van der Waals surface area contributed by atoms with Crippen molar-refractivity contribution in [1.29, 1.82) is 0 Å². The number of nitrogens with one attached hydrogen (secondary N) is 1. The molecule has 1 aliphatic heterocycles. The van der Waals surface area contributed by atoms with Crippen LogP contribution in [0.5, 0.6) is 5.75 Å². The highest BCUT2D eigenvalue weighted by molar-refractivity contribution is 7.89. The van der Waals surface area contributed by atoms with Gasteiger partial charge >= 0.3 is 0 Å². The van der Waals surface area contributed by atoms with Gasteiger partial charge in [-0.1, -0.05) is 11.3 Å². The standard InChI is InChI=1S/C20H21N5O3S2.ClH/c1-24-12-21-18-15(24)6-8-17-19(18)23-20(29-17)22-14-11-13(5-7-16(14)28-2)30(26,27)25-9-3-4-10-25;/h5-8,11-12H,3-4,9-10H2,1-2H3,(H,22,23);1H. The molecule has 0 aliphatic carbocycles. The fourth-order valence-electron chi connectivity index (χ4n) is 3.78. The van der Waals surface area contributed by atoms with Gasteiger partial charge in [0.15, 0.2) is 5.13 Å². The number of hydrogen-bond acceptors (Lipinski definition) is 7. The number of ether oxygens (including phenoxy) is 1. The second-order valence-electron chi connectivity index (χ2n) is 7.25. The number of fused-ring (bicyclic) bond motifs is 3. The maximum atomic E-state index is 13.0. The van der Waals surface area contributed by atoms with Crippen LogP contribution < -0.4 is 10.1 Å². The Hall–Kier alpha value is -2.40. The molecule has 5 rings (SSSR count). The number of thiazole rings is 1. The lowest BCUT2D eigenvalue weighted by Crippen LogP contribution is -2.27. The summed E-state index contributed by atoms with van der Waals surface area (Å²) in [4.78, 5) is 9.42. The lowest BCUT2D eigenvalue weighted by molar-refractivity contribution is 0.416. The average molecular weight is 480 g/mol. The van der Waals surface area contributed by atoms with Crippen LogP contribution in [0.3, 0.4) is 0 Å². The van der Waals surface area contributed by atoms with Crippen molar-refractivity contribution in [3.8, 4) is 5.75 Å². The fraction of sp³-hybridized carbons (Fsp3) is 0.300. The molecule has 3 heterocycles. The van der Waals surface area contributed by atoms with Crippen molar-refractivity contribution in [2.24, 2.45) is 7.05 Å². The number of aromatic nitrogens is 3. The van der Waals surface area contributed by atoms with Crippen molar-refractivity contribution in [1.82, 2.24) is 18.8 Å². The van der Waals surface area contributed by atoms with Gasteiger partial charge in [0, 0.05) is 20.1 Å². The molecule has 0 saturated carbocycles. The van der Waals surface area contributed by atoms with E-state index in [1.54, 1.807) is 31.6 Å². The number of rotatable bonds is 5. The van der Waals surface area contributed by atoms with E-state index in [0.717, 1.165) is 34.1 Å². The largest absolute Gasteiger partial charge is 0.495 e. The smallest absolute Gasteiger partial charge is 0.243 e. The number of aryl methyl sites for hydroxylation is 1. The summed E-state index contributed by atoms with van der Waals surface area (Å²) in [6, 6.07) is 8.93. The van der Waals surface area contributed by atoms with Crippen LogP contribution >= 0.6 is 23.7 Å². The zero-order valence-corrected chi connectivity index (χ0v) is 19.5. The van der Waals surface area contributed by atoms with Crippen molar-refractivity contribution >= 4 is 65.8 Å². The molecule has 31 heavy (non-hydrogen) atoms. The number of anilines is 2. The van der Waals surface area contributed by atoms with Crippen LogP contribution in [0, 0.1) is 0 Å². The molecule has 0 spiro atoms. The van der Waals surface area contributed by atoms with Crippen LogP contribution in [0.4, 0.5) is 10.8 Å². The summed E-state index contributed by atoms with van der Waals surface area (Å²) in [6.07, 6.45) is 3.56. The van der Waals surface area contributed by atoms with Crippen LogP contribution in [0.2, 0.25) is 0 Å². The molecule has 0 bridgehead atoms. The van der Waals surface area contributed by atoms with Gasteiger partial charge in [-0.15, -0.1) is 12.4 Å². The Bertz CT molecular complexity index is 1360. The van der Waals surface area contributed by atoms with Gasteiger partial charge in [0.1, 0.15) is 16.8 Å². The average Bonchev–Trinajstić information content (AvgIpc) is 3.47.